The molecule has 4 aromatic rings. The Morgan fingerprint density at radius 2 is 1.69 bits per heavy atom. The second-order valence-electron chi connectivity index (χ2n) is 10.1. The zero-order valence-electron chi connectivity index (χ0n) is 22.3. The van der Waals surface area contributed by atoms with Crippen LogP contribution in [0.3, 0.4) is 0 Å². The summed E-state index contributed by atoms with van der Waals surface area (Å²) in [5, 5.41) is 6.17. The molecule has 0 unspecified atom stereocenters. The number of hydrogen-bond donors (Lipinski definition) is 2. The van der Waals surface area contributed by atoms with Crippen LogP contribution < -0.4 is 10.6 Å². The van der Waals surface area contributed by atoms with E-state index in [0.717, 1.165) is 11.1 Å². The van der Waals surface area contributed by atoms with Crippen LogP contribution in [0, 0.1) is 0 Å². The summed E-state index contributed by atoms with van der Waals surface area (Å²) in [6.45, 7) is 7.21. The summed E-state index contributed by atoms with van der Waals surface area (Å²) in [7, 11) is -3.81. The maximum atomic E-state index is 13.2. The molecule has 2 N–H and O–H groups in total. The van der Waals surface area contributed by atoms with Crippen molar-refractivity contribution in [2.45, 2.75) is 57.1 Å². The number of amides is 2. The number of anilines is 1. The maximum absolute atomic E-state index is 13.2. The number of alkyl carbamates (subject to hydrolysis) is 1. The predicted molar refractivity (Wildman–Crippen MR) is 151 cm³/mol. The molecule has 1 atom stereocenters. The molecule has 0 aliphatic carbocycles. The summed E-state index contributed by atoms with van der Waals surface area (Å²) in [5.74, 6) is -0.343. The SMILES string of the molecule is CCC[C@@H](NC(=O)OC(C)(C)C)C(=O)Nc1ccc(-c2ccnc3c2ccn3S(=O)(=O)c2ccccc2)cc1. The van der Waals surface area contributed by atoms with Gasteiger partial charge in [-0.2, -0.15) is 0 Å². The quantitative estimate of drug-likeness (QED) is 0.297. The molecule has 0 fully saturated rings. The van der Waals surface area contributed by atoms with E-state index in [-0.39, 0.29) is 10.8 Å². The standard InChI is InChI=1S/C29H32N4O5S/c1-5-9-25(32-28(35)38-29(2,3)4)27(34)31-21-14-12-20(13-15-21)23-16-18-30-26-24(23)17-19-33(26)39(36,37)22-10-7-6-8-11-22/h6-8,10-19,25H,5,9H2,1-4H3,(H,31,34)(H,32,35)/t25-/m1/s1. The van der Waals surface area contributed by atoms with Gasteiger partial charge >= 0.3 is 6.09 Å². The van der Waals surface area contributed by atoms with Crippen molar-refractivity contribution in [1.82, 2.24) is 14.3 Å². The fourth-order valence-electron chi connectivity index (χ4n) is 4.14. The van der Waals surface area contributed by atoms with Gasteiger partial charge in [0, 0.05) is 23.5 Å². The normalized spacial score (nSPS) is 12.6. The van der Waals surface area contributed by atoms with Gasteiger partial charge in [0.2, 0.25) is 5.91 Å². The molecule has 0 aliphatic heterocycles. The lowest BCUT2D eigenvalue weighted by Crippen LogP contribution is -2.45. The van der Waals surface area contributed by atoms with Crippen molar-refractivity contribution in [2.24, 2.45) is 0 Å². The number of carbonyl (C=O) groups excluding carboxylic acids is 2. The van der Waals surface area contributed by atoms with Crippen LogP contribution in [0.1, 0.15) is 40.5 Å². The average Bonchev–Trinajstić information content (AvgIpc) is 3.34. The van der Waals surface area contributed by atoms with Gasteiger partial charge in [-0.25, -0.2) is 22.2 Å². The van der Waals surface area contributed by atoms with E-state index < -0.39 is 27.8 Å². The Labute approximate surface area is 228 Å². The summed E-state index contributed by atoms with van der Waals surface area (Å²) < 4.78 is 32.8. The third-order valence-corrected chi connectivity index (χ3v) is 7.58. The summed E-state index contributed by atoms with van der Waals surface area (Å²) in [6.07, 6.45) is 3.59. The molecule has 0 saturated heterocycles. The molecule has 4 rings (SSSR count). The molecule has 39 heavy (non-hydrogen) atoms. The molecule has 2 aromatic carbocycles. The Bertz CT molecular complexity index is 1570. The molecular formula is C29H32N4O5S. The lowest BCUT2D eigenvalue weighted by atomic mass is 10.0. The number of nitrogens with zero attached hydrogens (tertiary/aromatic N) is 2. The molecule has 0 spiro atoms. The first-order chi connectivity index (χ1) is 18.5. The number of carbonyl (C=O) groups is 2. The van der Waals surface area contributed by atoms with Crippen molar-refractivity contribution in [1.29, 1.82) is 0 Å². The van der Waals surface area contributed by atoms with E-state index in [4.69, 9.17) is 4.74 Å². The fourth-order valence-corrected chi connectivity index (χ4v) is 5.46. The lowest BCUT2D eigenvalue weighted by molar-refractivity contribution is -0.118. The van der Waals surface area contributed by atoms with Gasteiger partial charge in [0.15, 0.2) is 5.65 Å². The van der Waals surface area contributed by atoms with Crippen LogP contribution in [-0.2, 0) is 19.6 Å². The number of rotatable bonds is 8. The molecule has 0 radical (unpaired) electrons. The highest BCUT2D eigenvalue weighted by atomic mass is 32.2. The molecule has 9 nitrogen and oxygen atoms in total. The molecule has 0 aliphatic rings. The lowest BCUT2D eigenvalue weighted by Gasteiger charge is -2.23. The van der Waals surface area contributed by atoms with Gasteiger partial charge in [-0.1, -0.05) is 43.7 Å². The van der Waals surface area contributed by atoms with E-state index in [2.05, 4.69) is 15.6 Å². The minimum absolute atomic E-state index is 0.178. The van der Waals surface area contributed by atoms with E-state index in [1.165, 1.54) is 10.2 Å². The number of hydrogen-bond acceptors (Lipinski definition) is 6. The van der Waals surface area contributed by atoms with Crippen molar-refractivity contribution in [3.8, 4) is 11.1 Å². The maximum Gasteiger partial charge on any atom is 0.408 e. The Morgan fingerprint density at radius 1 is 1.00 bits per heavy atom. The van der Waals surface area contributed by atoms with E-state index in [1.807, 2.05) is 25.1 Å². The number of nitrogens with one attached hydrogen (secondary N) is 2. The van der Waals surface area contributed by atoms with Crippen molar-refractivity contribution in [3.63, 3.8) is 0 Å². The number of ether oxygens (including phenoxy) is 1. The van der Waals surface area contributed by atoms with Gasteiger partial charge in [-0.15, -0.1) is 0 Å². The molecule has 2 heterocycles. The molecule has 10 heteroatoms. The number of benzene rings is 2. The monoisotopic (exact) mass is 548 g/mol. The third kappa shape index (κ3) is 6.46. The summed E-state index contributed by atoms with van der Waals surface area (Å²) in [6, 6.07) is 18.2. The van der Waals surface area contributed by atoms with E-state index in [0.29, 0.717) is 29.6 Å². The Morgan fingerprint density at radius 3 is 2.33 bits per heavy atom. The predicted octanol–water partition coefficient (Wildman–Crippen LogP) is 5.57. The summed E-state index contributed by atoms with van der Waals surface area (Å²) >= 11 is 0. The van der Waals surface area contributed by atoms with Crippen LogP contribution in [0.5, 0.6) is 0 Å². The Balaban J connectivity index is 1.54. The first-order valence-corrected chi connectivity index (χ1v) is 14.1. The van der Waals surface area contributed by atoms with Crippen LogP contribution in [0.2, 0.25) is 0 Å². The van der Waals surface area contributed by atoms with E-state index in [1.54, 1.807) is 75.5 Å². The largest absolute Gasteiger partial charge is 0.444 e. The van der Waals surface area contributed by atoms with Crippen molar-refractivity contribution < 1.29 is 22.7 Å². The topological polar surface area (TPSA) is 119 Å². The van der Waals surface area contributed by atoms with Gasteiger partial charge in [0.05, 0.1) is 4.90 Å². The summed E-state index contributed by atoms with van der Waals surface area (Å²) in [5.41, 5.74) is 1.84. The van der Waals surface area contributed by atoms with E-state index >= 15 is 0 Å². The van der Waals surface area contributed by atoms with Gasteiger partial charge in [0.1, 0.15) is 11.6 Å². The number of aromatic nitrogens is 2. The second kappa shape index (κ2) is 11.3. The van der Waals surface area contributed by atoms with Crippen molar-refractivity contribution in [3.05, 3.63) is 79.1 Å². The smallest absolute Gasteiger partial charge is 0.408 e. The first-order valence-electron chi connectivity index (χ1n) is 12.7. The molecule has 2 aromatic heterocycles. The second-order valence-corrected chi connectivity index (χ2v) is 11.9. The minimum atomic E-state index is -3.81. The zero-order chi connectivity index (χ0) is 28.2. The highest BCUT2D eigenvalue weighted by Crippen LogP contribution is 2.30. The van der Waals surface area contributed by atoms with Gasteiger partial charge in [-0.05, 0) is 74.7 Å². The van der Waals surface area contributed by atoms with Crippen LogP contribution in [-0.4, -0.2) is 41.0 Å². The van der Waals surface area contributed by atoms with Gasteiger partial charge < -0.3 is 15.4 Å². The van der Waals surface area contributed by atoms with Gasteiger partial charge in [0.25, 0.3) is 10.0 Å². The average molecular weight is 549 g/mol. The van der Waals surface area contributed by atoms with Crippen LogP contribution >= 0.6 is 0 Å². The highest BCUT2D eigenvalue weighted by Gasteiger charge is 2.24. The van der Waals surface area contributed by atoms with Crippen LogP contribution in [0.15, 0.2) is 84.0 Å². The van der Waals surface area contributed by atoms with Crippen molar-refractivity contribution >= 4 is 38.7 Å². The molecular weight excluding hydrogens is 516 g/mol. The molecule has 2 amide bonds. The van der Waals surface area contributed by atoms with Crippen LogP contribution in [0.4, 0.5) is 10.5 Å². The fraction of sp³-hybridized carbons (Fsp3) is 0.276. The number of fused-ring (bicyclic) bond motifs is 1. The Hall–Kier alpha value is -4.18. The minimum Gasteiger partial charge on any atom is -0.444 e. The molecule has 204 valence electrons. The van der Waals surface area contributed by atoms with Gasteiger partial charge in [-0.3, -0.25) is 4.79 Å². The van der Waals surface area contributed by atoms with Crippen LogP contribution in [0.25, 0.3) is 22.2 Å². The van der Waals surface area contributed by atoms with Crippen molar-refractivity contribution in [2.75, 3.05) is 5.32 Å². The zero-order valence-corrected chi connectivity index (χ0v) is 23.2. The number of pyridine rings is 1. The highest BCUT2D eigenvalue weighted by molar-refractivity contribution is 7.90. The first kappa shape index (κ1) is 27.8. The van der Waals surface area contributed by atoms with E-state index in [9.17, 15) is 18.0 Å². The molecule has 0 bridgehead atoms. The Kier molecular flexibility index (Phi) is 8.06. The third-order valence-electron chi connectivity index (χ3n) is 5.90. The molecule has 0 saturated carbocycles. The summed E-state index contributed by atoms with van der Waals surface area (Å²) in [4.78, 5) is 29.6.